The lowest BCUT2D eigenvalue weighted by atomic mass is 10.0. The zero-order chi connectivity index (χ0) is 23.4. The average molecular weight is 466 g/mol. The van der Waals surface area contributed by atoms with Crippen LogP contribution >= 0.6 is 11.3 Å². The quantitative estimate of drug-likeness (QED) is 0.274. The van der Waals surface area contributed by atoms with Gasteiger partial charge in [0, 0.05) is 20.5 Å². The normalized spacial score (nSPS) is 11.5. The molecule has 4 heterocycles. The predicted octanol–water partition coefficient (Wildman–Crippen LogP) is 6.65. The molecule has 5 nitrogen and oxygen atoms in total. The minimum absolute atomic E-state index is 0.225. The number of carbonyl (C=O) groups excluding carboxylic acids is 2. The highest BCUT2D eigenvalue weighted by molar-refractivity contribution is 7.21. The molecule has 0 unspecified atom stereocenters. The molecule has 166 valence electrons. The highest BCUT2D eigenvalue weighted by atomic mass is 32.1. The molecule has 0 spiro atoms. The van der Waals surface area contributed by atoms with Crippen LogP contribution in [0.3, 0.4) is 0 Å². The monoisotopic (exact) mass is 465 g/mol. The van der Waals surface area contributed by atoms with E-state index in [4.69, 9.17) is 9.47 Å². The van der Waals surface area contributed by atoms with E-state index >= 15 is 0 Å². The topological polar surface area (TPSA) is 57.0 Å². The van der Waals surface area contributed by atoms with Gasteiger partial charge in [-0.2, -0.15) is 0 Å². The van der Waals surface area contributed by atoms with Crippen LogP contribution in [-0.4, -0.2) is 30.6 Å². The van der Waals surface area contributed by atoms with Crippen LogP contribution < -0.4 is 0 Å². The van der Waals surface area contributed by atoms with Crippen molar-refractivity contribution >= 4 is 50.6 Å². The predicted molar refractivity (Wildman–Crippen MR) is 135 cm³/mol. The Balaban J connectivity index is 1.89. The zero-order valence-electron chi connectivity index (χ0n) is 18.5. The molecule has 0 fully saturated rings. The number of fused-ring (bicyclic) bond motifs is 3. The summed E-state index contributed by atoms with van der Waals surface area (Å²) in [6.07, 6.45) is 0. The zero-order valence-corrected chi connectivity index (χ0v) is 19.3. The third-order valence-electron chi connectivity index (χ3n) is 6.21. The van der Waals surface area contributed by atoms with Gasteiger partial charge in [-0.15, -0.1) is 11.3 Å². The van der Waals surface area contributed by atoms with Crippen LogP contribution in [-0.2, 0) is 9.47 Å². The number of carbonyl (C=O) groups is 2. The first-order valence-electron chi connectivity index (χ1n) is 10.8. The van der Waals surface area contributed by atoms with Crippen LogP contribution in [0.1, 0.15) is 20.7 Å². The Hall–Kier alpha value is -4.16. The number of aromatic nitrogens is 1. The highest BCUT2D eigenvalue weighted by Gasteiger charge is 2.33. The van der Waals surface area contributed by atoms with Crippen LogP contribution in [0, 0.1) is 0 Å². The molecule has 34 heavy (non-hydrogen) atoms. The SMILES string of the molecule is COC(=O)c1c(C(=O)OC)c2c3c(-c4ccccc4)sc(-c4ccccc4)c3c3cccc1n32. The number of hydrogen-bond donors (Lipinski definition) is 0. The fraction of sp³-hybridized carbons (Fsp3) is 0.0714. The standard InChI is InChI=1S/C28H19NO4S/c1-32-27(30)21-19-15-9-14-18-20-22(24(29(18)19)23(21)28(31)33-2)26(17-12-7-4-8-13-17)34-25(20)16-10-5-3-6-11-16/h3-15H,1-2H3. The molecule has 6 aromatic rings. The van der Waals surface area contributed by atoms with Gasteiger partial charge in [0.2, 0.25) is 0 Å². The van der Waals surface area contributed by atoms with Crippen molar-refractivity contribution in [1.82, 2.24) is 4.40 Å². The second-order valence-corrected chi connectivity index (χ2v) is 8.98. The number of nitrogens with zero attached hydrogens (tertiary/aromatic N) is 1. The Morgan fingerprint density at radius 1 is 0.647 bits per heavy atom. The molecule has 0 saturated heterocycles. The molecular formula is C28H19NO4S. The Morgan fingerprint density at radius 3 is 1.76 bits per heavy atom. The summed E-state index contributed by atoms with van der Waals surface area (Å²) < 4.78 is 12.2. The molecular weight excluding hydrogens is 446 g/mol. The van der Waals surface area contributed by atoms with Crippen LogP contribution in [0.25, 0.3) is 48.2 Å². The van der Waals surface area contributed by atoms with E-state index in [1.54, 1.807) is 11.3 Å². The summed E-state index contributed by atoms with van der Waals surface area (Å²) in [7, 11) is 2.65. The smallest absolute Gasteiger partial charge is 0.340 e. The maximum atomic E-state index is 13.1. The molecule has 0 atom stereocenters. The summed E-state index contributed by atoms with van der Waals surface area (Å²) in [5, 5.41) is 1.99. The van der Waals surface area contributed by atoms with Crippen LogP contribution in [0.4, 0.5) is 0 Å². The molecule has 0 bridgehead atoms. The Morgan fingerprint density at radius 2 is 1.18 bits per heavy atom. The number of thiophene rings is 1. The van der Waals surface area contributed by atoms with E-state index in [0.717, 1.165) is 37.2 Å². The fourth-order valence-electron chi connectivity index (χ4n) is 4.83. The summed E-state index contributed by atoms with van der Waals surface area (Å²) in [6.45, 7) is 0. The number of esters is 2. The maximum Gasteiger partial charge on any atom is 0.340 e. The van der Waals surface area contributed by atoms with Crippen molar-refractivity contribution in [3.05, 3.63) is 90.0 Å². The molecule has 0 saturated carbocycles. The number of rotatable bonds is 4. The van der Waals surface area contributed by atoms with Gasteiger partial charge in [0.1, 0.15) is 11.1 Å². The molecule has 0 aliphatic rings. The van der Waals surface area contributed by atoms with Gasteiger partial charge < -0.3 is 13.9 Å². The molecule has 0 aliphatic heterocycles. The largest absolute Gasteiger partial charge is 0.465 e. The summed E-state index contributed by atoms with van der Waals surface area (Å²) in [5.74, 6) is -1.13. The van der Waals surface area contributed by atoms with Gasteiger partial charge in [-0.25, -0.2) is 9.59 Å². The third-order valence-corrected chi connectivity index (χ3v) is 7.50. The Labute approximate surface area is 199 Å². The fourth-order valence-corrected chi connectivity index (χ4v) is 6.15. The Kier molecular flexibility index (Phi) is 4.64. The lowest BCUT2D eigenvalue weighted by Gasteiger charge is -2.03. The van der Waals surface area contributed by atoms with Crippen molar-refractivity contribution in [2.75, 3.05) is 14.2 Å². The third kappa shape index (κ3) is 2.72. The van der Waals surface area contributed by atoms with E-state index in [2.05, 4.69) is 24.3 Å². The molecule has 0 amide bonds. The van der Waals surface area contributed by atoms with Crippen molar-refractivity contribution in [2.24, 2.45) is 0 Å². The lowest BCUT2D eigenvalue weighted by Crippen LogP contribution is -2.09. The van der Waals surface area contributed by atoms with Gasteiger partial charge >= 0.3 is 11.9 Å². The number of benzene rings is 2. The van der Waals surface area contributed by atoms with Gasteiger partial charge in [-0.05, 0) is 23.3 Å². The first-order valence-corrected chi connectivity index (χ1v) is 11.6. The summed E-state index contributed by atoms with van der Waals surface area (Å²) >= 11 is 1.69. The molecule has 0 aliphatic carbocycles. The van der Waals surface area contributed by atoms with Gasteiger partial charge in [-0.3, -0.25) is 0 Å². The first-order chi connectivity index (χ1) is 16.7. The average Bonchev–Trinajstić information content (AvgIpc) is 3.55. The number of pyridine rings is 1. The number of ether oxygens (including phenoxy) is 2. The molecule has 4 aromatic heterocycles. The summed E-state index contributed by atoms with van der Waals surface area (Å²) in [4.78, 5) is 28.1. The summed E-state index contributed by atoms with van der Waals surface area (Å²) in [5.41, 5.74) is 4.83. The second-order valence-electron chi connectivity index (χ2n) is 7.96. The van der Waals surface area contributed by atoms with Gasteiger partial charge in [0.25, 0.3) is 0 Å². The van der Waals surface area contributed by atoms with Crippen LogP contribution in [0.15, 0.2) is 78.9 Å². The van der Waals surface area contributed by atoms with E-state index in [1.165, 1.54) is 14.2 Å². The van der Waals surface area contributed by atoms with Gasteiger partial charge in [-0.1, -0.05) is 66.7 Å². The van der Waals surface area contributed by atoms with Crippen LogP contribution in [0.2, 0.25) is 0 Å². The highest BCUT2D eigenvalue weighted by Crippen LogP contribution is 2.51. The van der Waals surface area contributed by atoms with Crippen LogP contribution in [0.5, 0.6) is 0 Å². The molecule has 6 heteroatoms. The minimum Gasteiger partial charge on any atom is -0.465 e. The van der Waals surface area contributed by atoms with E-state index in [0.29, 0.717) is 11.0 Å². The Bertz CT molecular complexity index is 1700. The molecule has 2 aromatic carbocycles. The van der Waals surface area contributed by atoms with Gasteiger partial charge in [0.15, 0.2) is 0 Å². The molecule has 0 N–H and O–H groups in total. The molecule has 6 rings (SSSR count). The van der Waals surface area contributed by atoms with Crippen molar-refractivity contribution < 1.29 is 19.1 Å². The minimum atomic E-state index is -0.565. The van der Waals surface area contributed by atoms with Crippen molar-refractivity contribution in [3.8, 4) is 20.9 Å². The van der Waals surface area contributed by atoms with E-state index in [-0.39, 0.29) is 11.1 Å². The molecule has 0 radical (unpaired) electrons. The van der Waals surface area contributed by atoms with Crippen molar-refractivity contribution in [2.45, 2.75) is 0 Å². The van der Waals surface area contributed by atoms with Crippen molar-refractivity contribution in [3.63, 3.8) is 0 Å². The first kappa shape index (κ1) is 20.4. The number of methoxy groups -OCH3 is 2. The van der Waals surface area contributed by atoms with Crippen molar-refractivity contribution in [1.29, 1.82) is 0 Å². The number of hydrogen-bond acceptors (Lipinski definition) is 5. The van der Waals surface area contributed by atoms with Gasteiger partial charge in [0.05, 0.1) is 30.8 Å². The summed E-state index contributed by atoms with van der Waals surface area (Å²) in [6, 6.07) is 26.1. The maximum absolute atomic E-state index is 13.1. The van der Waals surface area contributed by atoms with E-state index < -0.39 is 11.9 Å². The van der Waals surface area contributed by atoms with E-state index in [9.17, 15) is 9.59 Å². The van der Waals surface area contributed by atoms with E-state index in [1.807, 2.05) is 59.0 Å². The lowest BCUT2D eigenvalue weighted by molar-refractivity contribution is 0.0559. The second kappa shape index (κ2) is 7.71.